The number of rotatable bonds is 2. The number of fused-ring (bicyclic) bond motifs is 3. The summed E-state index contributed by atoms with van der Waals surface area (Å²) >= 11 is 0. The van der Waals surface area contributed by atoms with Crippen molar-refractivity contribution in [3.8, 4) is 0 Å². The monoisotopic (exact) mass is 391 g/mol. The van der Waals surface area contributed by atoms with E-state index in [1.54, 1.807) is 15.9 Å². The molecule has 3 aromatic rings. The Labute approximate surface area is 164 Å². The highest BCUT2D eigenvalue weighted by atomic mass is 31.2. The molecule has 5 rings (SSSR count). The van der Waals surface area contributed by atoms with Crippen LogP contribution in [0.15, 0.2) is 84.9 Å². The number of benzene rings is 3. The highest BCUT2D eigenvalue weighted by molar-refractivity contribution is 8.05. The van der Waals surface area contributed by atoms with Crippen LogP contribution in [-0.4, -0.2) is 31.6 Å². The molecule has 3 heteroatoms. The molecule has 1 nitrogen and oxygen atoms in total. The lowest BCUT2D eigenvalue weighted by atomic mass is 10.3. The lowest BCUT2D eigenvalue weighted by Crippen LogP contribution is -2.45. The van der Waals surface area contributed by atoms with Crippen molar-refractivity contribution in [1.82, 2.24) is 0 Å². The maximum Gasteiger partial charge on any atom is 0.254 e. The van der Waals surface area contributed by atoms with Crippen LogP contribution in [0.2, 0.25) is 0 Å². The Kier molecular flexibility index (Phi) is 4.15. The zero-order valence-corrected chi connectivity index (χ0v) is 17.9. The Hall–Kier alpha value is -1.68. The first kappa shape index (κ1) is 17.4. The van der Waals surface area contributed by atoms with E-state index in [1.807, 2.05) is 0 Å². The van der Waals surface area contributed by atoms with Crippen molar-refractivity contribution < 1.29 is 0 Å². The van der Waals surface area contributed by atoms with E-state index in [0.29, 0.717) is 5.52 Å². The summed E-state index contributed by atoms with van der Waals surface area (Å²) < 4.78 is 0. The highest BCUT2D eigenvalue weighted by Gasteiger charge is 2.70. The fourth-order valence-electron chi connectivity index (χ4n) is 5.33. The zero-order chi connectivity index (χ0) is 18.5. The summed E-state index contributed by atoms with van der Waals surface area (Å²) in [7, 11) is -2.82. The molecule has 3 aromatic carbocycles. The van der Waals surface area contributed by atoms with Gasteiger partial charge in [-0.1, -0.05) is 48.5 Å². The predicted octanol–water partition coefficient (Wildman–Crippen LogP) is 4.77. The van der Waals surface area contributed by atoms with E-state index in [4.69, 9.17) is 0 Å². The molecule has 0 bridgehead atoms. The van der Waals surface area contributed by atoms with E-state index < -0.39 is 14.5 Å². The van der Waals surface area contributed by atoms with Crippen LogP contribution in [0.1, 0.15) is 6.42 Å². The molecule has 2 aliphatic heterocycles. The molecule has 136 valence electrons. The second-order valence-electron chi connectivity index (χ2n) is 8.28. The Bertz CT molecular complexity index is 913. The quantitative estimate of drug-likeness (QED) is 0.569. The smallest absolute Gasteiger partial charge is 0.254 e. The Morgan fingerprint density at radius 1 is 0.741 bits per heavy atom. The molecular weight excluding hydrogens is 364 g/mol. The van der Waals surface area contributed by atoms with Gasteiger partial charge in [-0.3, -0.25) is 0 Å². The van der Waals surface area contributed by atoms with Crippen molar-refractivity contribution in [2.45, 2.75) is 11.9 Å². The highest BCUT2D eigenvalue weighted by Crippen LogP contribution is 2.81. The summed E-state index contributed by atoms with van der Waals surface area (Å²) in [6.07, 6.45) is 2.73. The molecular formula is C24H27NP2+2. The Balaban J connectivity index is 1.91. The molecule has 0 N–H and O–H groups in total. The van der Waals surface area contributed by atoms with Crippen LogP contribution in [0.4, 0.5) is 5.69 Å². The number of anilines is 1. The molecule has 0 aliphatic carbocycles. The van der Waals surface area contributed by atoms with Crippen LogP contribution in [0.5, 0.6) is 0 Å². The maximum absolute atomic E-state index is 2.81. The molecule has 0 amide bonds. The van der Waals surface area contributed by atoms with Gasteiger partial charge in [0, 0.05) is 6.54 Å². The molecule has 27 heavy (non-hydrogen) atoms. The summed E-state index contributed by atoms with van der Waals surface area (Å²) in [5.74, 6) is 0. The fourth-order valence-corrected chi connectivity index (χ4v) is 17.2. The normalized spacial score (nSPS) is 22.1. The molecule has 1 atom stereocenters. The largest absolute Gasteiger partial charge is 0.302 e. The van der Waals surface area contributed by atoms with Crippen LogP contribution in [-0.2, 0) is 0 Å². The molecule has 0 saturated carbocycles. The lowest BCUT2D eigenvalue weighted by molar-refractivity contribution is 0.788. The second kappa shape index (κ2) is 6.44. The predicted molar refractivity (Wildman–Crippen MR) is 125 cm³/mol. The number of nitrogens with zero attached hydrogens (tertiary/aromatic N) is 1. The maximum atomic E-state index is 2.81. The molecule has 2 aliphatic rings. The first-order valence-corrected chi connectivity index (χ1v) is 14.6. The Morgan fingerprint density at radius 3 is 1.93 bits per heavy atom. The van der Waals surface area contributed by atoms with Gasteiger partial charge in [0.05, 0.1) is 32.4 Å². The summed E-state index contributed by atoms with van der Waals surface area (Å²) in [5.41, 5.74) is 2.14. The van der Waals surface area contributed by atoms with Crippen molar-refractivity contribution in [2.24, 2.45) is 0 Å². The fraction of sp³-hybridized carbons (Fsp3) is 0.250. The second-order valence-corrected chi connectivity index (χ2v) is 16.6. The molecule has 1 fully saturated rings. The third kappa shape index (κ3) is 2.45. The van der Waals surface area contributed by atoms with Crippen LogP contribution in [0, 0.1) is 0 Å². The first-order chi connectivity index (χ1) is 13.2. The van der Waals surface area contributed by atoms with Crippen molar-refractivity contribution >= 4 is 36.1 Å². The topological polar surface area (TPSA) is 3.24 Å². The van der Waals surface area contributed by atoms with Gasteiger partial charge in [0.1, 0.15) is 15.9 Å². The van der Waals surface area contributed by atoms with Gasteiger partial charge in [-0.05, 0) is 42.8 Å². The van der Waals surface area contributed by atoms with Gasteiger partial charge >= 0.3 is 0 Å². The van der Waals surface area contributed by atoms with E-state index >= 15 is 0 Å². The zero-order valence-electron chi connectivity index (χ0n) is 16.1. The molecule has 2 heterocycles. The number of hydrogen-bond donors (Lipinski definition) is 0. The SMILES string of the molecule is C[P+]1(C)CCCN2c3ccccc3[P+](c3ccccc3)(c3ccccc3)[C@H]21. The lowest BCUT2D eigenvalue weighted by Gasteiger charge is -2.41. The summed E-state index contributed by atoms with van der Waals surface area (Å²) in [6.45, 7) is 6.42. The van der Waals surface area contributed by atoms with Gasteiger partial charge in [-0.25, -0.2) is 0 Å². The molecule has 1 saturated heterocycles. The van der Waals surface area contributed by atoms with Crippen molar-refractivity contribution in [3.05, 3.63) is 84.9 Å². The first-order valence-electron chi connectivity index (χ1n) is 9.84. The van der Waals surface area contributed by atoms with E-state index in [-0.39, 0.29) is 0 Å². The average molecular weight is 391 g/mol. The van der Waals surface area contributed by atoms with Crippen molar-refractivity contribution in [1.29, 1.82) is 0 Å². The molecule has 0 spiro atoms. The van der Waals surface area contributed by atoms with Crippen molar-refractivity contribution in [3.63, 3.8) is 0 Å². The summed E-state index contributed by atoms with van der Waals surface area (Å²) in [5, 5.41) is 4.69. The third-order valence-electron chi connectivity index (χ3n) is 6.28. The van der Waals surface area contributed by atoms with E-state index in [9.17, 15) is 0 Å². The van der Waals surface area contributed by atoms with Crippen LogP contribution >= 0.6 is 14.5 Å². The average Bonchev–Trinajstić information content (AvgIpc) is 3.02. The molecule has 0 unspecified atom stereocenters. The van der Waals surface area contributed by atoms with Gasteiger partial charge in [-0.15, -0.1) is 0 Å². The van der Waals surface area contributed by atoms with Gasteiger partial charge < -0.3 is 4.90 Å². The van der Waals surface area contributed by atoms with Gasteiger partial charge in [0.2, 0.25) is 0 Å². The third-order valence-corrected chi connectivity index (χ3v) is 16.5. The number of para-hydroxylation sites is 1. The van der Waals surface area contributed by atoms with Gasteiger partial charge in [0.25, 0.3) is 5.52 Å². The van der Waals surface area contributed by atoms with Gasteiger partial charge in [0.15, 0.2) is 7.26 Å². The standard InChI is InChI=1S/C24H27NP2/c1-26(2)19-11-18-25-22-16-9-10-17-23(22)27(24(25)26,20-12-5-3-6-13-20)21-14-7-4-8-15-21/h3-10,12-17,24H,11,18-19H2,1-2H3/q+2/t24-/m1/s1. The number of hydrogen-bond acceptors (Lipinski definition) is 1. The summed E-state index contributed by atoms with van der Waals surface area (Å²) in [6, 6.07) is 32.1. The van der Waals surface area contributed by atoms with Gasteiger partial charge in [-0.2, -0.15) is 0 Å². The van der Waals surface area contributed by atoms with E-state index in [1.165, 1.54) is 24.8 Å². The van der Waals surface area contributed by atoms with Crippen LogP contribution < -0.4 is 20.8 Å². The minimum Gasteiger partial charge on any atom is -0.302 e. The van der Waals surface area contributed by atoms with E-state index in [2.05, 4.69) is 103 Å². The minimum absolute atomic E-state index is 0.640. The van der Waals surface area contributed by atoms with Crippen molar-refractivity contribution in [2.75, 3.05) is 30.9 Å². The van der Waals surface area contributed by atoms with E-state index in [0.717, 1.165) is 0 Å². The van der Waals surface area contributed by atoms with Crippen LogP contribution in [0.25, 0.3) is 0 Å². The molecule has 0 aromatic heterocycles. The summed E-state index contributed by atoms with van der Waals surface area (Å²) in [4.78, 5) is 2.81. The van der Waals surface area contributed by atoms with Crippen LogP contribution in [0.3, 0.4) is 0 Å². The Morgan fingerprint density at radius 2 is 1.30 bits per heavy atom. The minimum atomic E-state index is -1.72. The molecule has 0 radical (unpaired) electrons.